The maximum absolute atomic E-state index is 11.6. The van der Waals surface area contributed by atoms with E-state index in [1.165, 1.54) is 13.8 Å². The summed E-state index contributed by atoms with van der Waals surface area (Å²) in [7, 11) is -3.60. The number of carboxylic acids is 1. The molecule has 1 heterocycles. The van der Waals surface area contributed by atoms with Crippen LogP contribution in [0, 0.1) is 0 Å². The predicted molar refractivity (Wildman–Crippen MR) is 53.0 cm³/mol. The molecule has 6 nitrogen and oxygen atoms in total. The largest absolute Gasteiger partial charge is 0.480 e. The average molecular weight is 237 g/mol. The molecule has 0 aromatic rings. The molecule has 1 rings (SSSR count). The molecule has 0 aliphatic carbocycles. The molecule has 2 N–H and O–H groups in total. The Hall–Kier alpha value is -0.660. The lowest BCUT2D eigenvalue weighted by Gasteiger charge is -2.24. The van der Waals surface area contributed by atoms with E-state index in [-0.39, 0.29) is 19.6 Å². The first-order valence-electron chi connectivity index (χ1n) is 4.64. The van der Waals surface area contributed by atoms with E-state index in [1.54, 1.807) is 0 Å². The fraction of sp³-hybridized carbons (Fsp3) is 0.875. The van der Waals surface area contributed by atoms with Crippen LogP contribution in [0.3, 0.4) is 0 Å². The van der Waals surface area contributed by atoms with Crippen molar-refractivity contribution in [3.63, 3.8) is 0 Å². The van der Waals surface area contributed by atoms with Gasteiger partial charge in [-0.1, -0.05) is 0 Å². The smallest absolute Gasteiger partial charge is 0.327 e. The maximum atomic E-state index is 11.6. The van der Waals surface area contributed by atoms with Crippen LogP contribution in [0.4, 0.5) is 0 Å². The molecule has 1 saturated heterocycles. The summed E-state index contributed by atoms with van der Waals surface area (Å²) in [6.07, 6.45) is 0.161. The molecule has 1 atom stereocenters. The second-order valence-electron chi connectivity index (χ2n) is 3.89. The summed E-state index contributed by atoms with van der Waals surface area (Å²) in [6.45, 7) is 3.13. The molecular weight excluding hydrogens is 222 g/mol. The fourth-order valence-electron chi connectivity index (χ4n) is 1.25. The fourth-order valence-corrected chi connectivity index (χ4v) is 2.28. The Kier molecular flexibility index (Phi) is 3.37. The molecule has 0 aromatic carbocycles. The quantitative estimate of drug-likeness (QED) is 0.691. The lowest BCUT2D eigenvalue weighted by molar-refractivity contribution is -0.144. The van der Waals surface area contributed by atoms with Crippen LogP contribution in [0.1, 0.15) is 20.3 Å². The lowest BCUT2D eigenvalue weighted by atomic mass is 10.0. The first-order chi connectivity index (χ1) is 6.80. The average Bonchev–Trinajstić information content (AvgIpc) is 2.53. The van der Waals surface area contributed by atoms with Crippen LogP contribution in [-0.2, 0) is 19.6 Å². The monoisotopic (exact) mass is 237 g/mol. The summed E-state index contributed by atoms with van der Waals surface area (Å²) < 4.78 is 30.3. The molecule has 1 aliphatic rings. The van der Waals surface area contributed by atoms with Crippen molar-refractivity contribution in [2.45, 2.75) is 31.1 Å². The van der Waals surface area contributed by atoms with E-state index in [0.29, 0.717) is 0 Å². The van der Waals surface area contributed by atoms with Gasteiger partial charge in [-0.2, -0.15) is 4.72 Å². The molecule has 0 bridgehead atoms. The number of nitrogens with one attached hydrogen (secondary N) is 1. The van der Waals surface area contributed by atoms with E-state index in [1.807, 2.05) is 0 Å². The molecule has 1 fully saturated rings. The van der Waals surface area contributed by atoms with Gasteiger partial charge in [-0.3, -0.25) is 4.79 Å². The van der Waals surface area contributed by atoms with Crippen LogP contribution in [0.5, 0.6) is 0 Å². The standard InChI is InChI=1S/C8H15NO5S/c1-6(2)15(12,13)9-8(7(10)11)3-4-14-5-8/h6,9H,3-5H2,1-2H3,(H,10,11). The van der Waals surface area contributed by atoms with Crippen molar-refractivity contribution < 1.29 is 23.1 Å². The molecule has 0 amide bonds. The third-order valence-electron chi connectivity index (χ3n) is 2.39. The van der Waals surface area contributed by atoms with Gasteiger partial charge >= 0.3 is 5.97 Å². The van der Waals surface area contributed by atoms with Crippen LogP contribution >= 0.6 is 0 Å². The highest BCUT2D eigenvalue weighted by molar-refractivity contribution is 7.90. The molecule has 1 unspecified atom stereocenters. The molecule has 7 heteroatoms. The van der Waals surface area contributed by atoms with Crippen molar-refractivity contribution >= 4 is 16.0 Å². The second-order valence-corrected chi connectivity index (χ2v) is 6.12. The number of carboxylic acid groups (broad SMARTS) is 1. The van der Waals surface area contributed by atoms with Crippen molar-refractivity contribution in [3.8, 4) is 0 Å². The molecule has 0 spiro atoms. The number of carbonyl (C=O) groups is 1. The SMILES string of the molecule is CC(C)S(=O)(=O)NC1(C(=O)O)CCOC1. The van der Waals surface area contributed by atoms with Crippen LogP contribution in [0.25, 0.3) is 0 Å². The molecule has 0 aromatic heterocycles. The number of sulfonamides is 1. The zero-order chi connectivity index (χ0) is 11.7. The van der Waals surface area contributed by atoms with Crippen molar-refractivity contribution in [2.75, 3.05) is 13.2 Å². The highest BCUT2D eigenvalue weighted by atomic mass is 32.2. The summed E-state index contributed by atoms with van der Waals surface area (Å²) in [5.74, 6) is -1.19. The van der Waals surface area contributed by atoms with Gasteiger partial charge in [0.25, 0.3) is 0 Å². The Morgan fingerprint density at radius 3 is 2.47 bits per heavy atom. The van der Waals surface area contributed by atoms with Gasteiger partial charge in [0.2, 0.25) is 10.0 Å². The first kappa shape index (κ1) is 12.4. The Labute approximate surface area is 88.7 Å². The summed E-state index contributed by atoms with van der Waals surface area (Å²) in [6, 6.07) is 0. The Balaban J connectivity index is 2.90. The molecule has 1 aliphatic heterocycles. The van der Waals surface area contributed by atoms with Gasteiger partial charge in [0, 0.05) is 13.0 Å². The van der Waals surface area contributed by atoms with E-state index in [4.69, 9.17) is 9.84 Å². The van der Waals surface area contributed by atoms with Gasteiger partial charge in [0.15, 0.2) is 5.54 Å². The zero-order valence-corrected chi connectivity index (χ0v) is 9.50. The van der Waals surface area contributed by atoms with Crippen molar-refractivity contribution in [1.29, 1.82) is 0 Å². The Bertz CT molecular complexity index is 342. The molecule has 0 saturated carbocycles. The van der Waals surface area contributed by atoms with Gasteiger partial charge in [-0.25, -0.2) is 8.42 Å². The maximum Gasteiger partial charge on any atom is 0.327 e. The Morgan fingerprint density at radius 2 is 2.13 bits per heavy atom. The minimum Gasteiger partial charge on any atom is -0.480 e. The van der Waals surface area contributed by atoms with Crippen LogP contribution in [-0.4, -0.2) is 43.5 Å². The van der Waals surface area contributed by atoms with Crippen molar-refractivity contribution in [3.05, 3.63) is 0 Å². The van der Waals surface area contributed by atoms with Crippen molar-refractivity contribution in [1.82, 2.24) is 4.72 Å². The van der Waals surface area contributed by atoms with E-state index in [2.05, 4.69) is 4.72 Å². The first-order valence-corrected chi connectivity index (χ1v) is 6.19. The molecule has 0 radical (unpaired) electrons. The van der Waals surface area contributed by atoms with E-state index in [9.17, 15) is 13.2 Å². The third kappa shape index (κ3) is 2.47. The minimum absolute atomic E-state index is 0.117. The molecular formula is C8H15NO5S. The summed E-state index contributed by atoms with van der Waals surface area (Å²) >= 11 is 0. The minimum atomic E-state index is -3.60. The van der Waals surface area contributed by atoms with Crippen LogP contribution < -0.4 is 4.72 Å². The van der Waals surface area contributed by atoms with Gasteiger partial charge in [-0.15, -0.1) is 0 Å². The predicted octanol–water partition coefficient (Wildman–Crippen LogP) is -0.442. The highest BCUT2D eigenvalue weighted by Crippen LogP contribution is 2.21. The van der Waals surface area contributed by atoms with Gasteiger partial charge in [-0.05, 0) is 13.8 Å². The van der Waals surface area contributed by atoms with Gasteiger partial charge in [0.05, 0.1) is 11.9 Å². The highest BCUT2D eigenvalue weighted by Gasteiger charge is 2.46. The lowest BCUT2D eigenvalue weighted by Crippen LogP contribution is -2.56. The third-order valence-corrected chi connectivity index (χ3v) is 4.31. The van der Waals surface area contributed by atoms with Gasteiger partial charge in [0.1, 0.15) is 0 Å². The normalized spacial score (nSPS) is 27.1. The topological polar surface area (TPSA) is 92.7 Å². The number of rotatable bonds is 4. The number of ether oxygens (including phenoxy) is 1. The summed E-state index contributed by atoms with van der Waals surface area (Å²) in [4.78, 5) is 11.0. The van der Waals surface area contributed by atoms with E-state index >= 15 is 0 Å². The van der Waals surface area contributed by atoms with E-state index in [0.717, 1.165) is 0 Å². The molecule has 88 valence electrons. The van der Waals surface area contributed by atoms with Gasteiger partial charge < -0.3 is 9.84 Å². The van der Waals surface area contributed by atoms with Crippen molar-refractivity contribution in [2.24, 2.45) is 0 Å². The number of hydrogen-bond acceptors (Lipinski definition) is 4. The second kappa shape index (κ2) is 4.07. The summed E-state index contributed by atoms with van der Waals surface area (Å²) in [5, 5.41) is 8.34. The molecule has 15 heavy (non-hydrogen) atoms. The number of hydrogen-bond donors (Lipinski definition) is 2. The summed E-state index contributed by atoms with van der Waals surface area (Å²) in [5.41, 5.74) is -1.48. The van der Waals surface area contributed by atoms with Crippen LogP contribution in [0.2, 0.25) is 0 Å². The Morgan fingerprint density at radius 1 is 1.53 bits per heavy atom. The van der Waals surface area contributed by atoms with E-state index < -0.39 is 26.8 Å². The number of aliphatic carboxylic acids is 1. The van der Waals surface area contributed by atoms with Crippen LogP contribution in [0.15, 0.2) is 0 Å². The zero-order valence-electron chi connectivity index (χ0n) is 8.69.